The number of rotatable bonds is 2. The zero-order valence-electron chi connectivity index (χ0n) is 9.44. The van der Waals surface area contributed by atoms with E-state index in [0.29, 0.717) is 13.0 Å². The largest absolute Gasteiger partial charge is 0.497 e. The van der Waals surface area contributed by atoms with Crippen molar-refractivity contribution in [2.45, 2.75) is 6.42 Å². The van der Waals surface area contributed by atoms with Gasteiger partial charge in [-0.15, -0.1) is 12.3 Å². The number of terminal acetylenes is 1. The van der Waals surface area contributed by atoms with Crippen molar-refractivity contribution >= 4 is 27.5 Å². The standard InChI is InChI=1S/C13H12BrNO2/c1-3-9-6-13(16)15(8-9)12-7-10(17-2)4-5-11(12)14/h1,4-5,7,9H,6,8H2,2H3. The highest BCUT2D eigenvalue weighted by atomic mass is 79.9. The molecule has 0 N–H and O–H groups in total. The molecule has 0 aliphatic carbocycles. The molecular weight excluding hydrogens is 282 g/mol. The third kappa shape index (κ3) is 2.29. The molecule has 3 nitrogen and oxygen atoms in total. The minimum Gasteiger partial charge on any atom is -0.497 e. The van der Waals surface area contributed by atoms with E-state index in [1.165, 1.54) is 0 Å². The molecule has 17 heavy (non-hydrogen) atoms. The van der Waals surface area contributed by atoms with Crippen LogP contribution >= 0.6 is 15.9 Å². The minimum atomic E-state index is 0.000557. The van der Waals surface area contributed by atoms with Crippen LogP contribution in [0.1, 0.15) is 6.42 Å². The molecule has 1 fully saturated rings. The molecule has 0 saturated carbocycles. The Balaban J connectivity index is 2.34. The Morgan fingerprint density at radius 3 is 2.94 bits per heavy atom. The van der Waals surface area contributed by atoms with E-state index in [9.17, 15) is 4.79 Å². The van der Waals surface area contributed by atoms with Gasteiger partial charge in [0.1, 0.15) is 5.75 Å². The van der Waals surface area contributed by atoms with E-state index < -0.39 is 0 Å². The first-order valence-electron chi connectivity index (χ1n) is 5.25. The maximum Gasteiger partial charge on any atom is 0.228 e. The van der Waals surface area contributed by atoms with Crippen LogP contribution in [0.4, 0.5) is 5.69 Å². The molecule has 1 aromatic rings. The Hall–Kier alpha value is -1.47. The van der Waals surface area contributed by atoms with Gasteiger partial charge in [0.2, 0.25) is 5.91 Å². The summed E-state index contributed by atoms with van der Waals surface area (Å²) in [5.41, 5.74) is 0.812. The first-order valence-corrected chi connectivity index (χ1v) is 6.05. The number of hydrogen-bond acceptors (Lipinski definition) is 2. The van der Waals surface area contributed by atoms with Crippen LogP contribution in [0.3, 0.4) is 0 Å². The fraction of sp³-hybridized carbons (Fsp3) is 0.308. The van der Waals surface area contributed by atoms with Crippen molar-refractivity contribution in [3.63, 3.8) is 0 Å². The number of carbonyl (C=O) groups is 1. The summed E-state index contributed by atoms with van der Waals surface area (Å²) in [6.07, 6.45) is 5.78. The summed E-state index contributed by atoms with van der Waals surface area (Å²) in [5.74, 6) is 3.41. The second-order valence-electron chi connectivity index (χ2n) is 3.89. The van der Waals surface area contributed by atoms with Crippen molar-refractivity contribution in [1.82, 2.24) is 0 Å². The van der Waals surface area contributed by atoms with E-state index in [1.54, 1.807) is 12.0 Å². The quantitative estimate of drug-likeness (QED) is 0.784. The topological polar surface area (TPSA) is 29.5 Å². The average molecular weight is 294 g/mol. The Morgan fingerprint density at radius 2 is 2.35 bits per heavy atom. The summed E-state index contributed by atoms with van der Waals surface area (Å²) >= 11 is 3.44. The molecule has 1 amide bonds. The molecule has 1 heterocycles. The van der Waals surface area contributed by atoms with Gasteiger partial charge >= 0.3 is 0 Å². The first-order chi connectivity index (χ1) is 8.15. The highest BCUT2D eigenvalue weighted by Gasteiger charge is 2.30. The SMILES string of the molecule is C#CC1CC(=O)N(c2cc(OC)ccc2Br)C1. The lowest BCUT2D eigenvalue weighted by Crippen LogP contribution is -2.24. The molecule has 1 atom stereocenters. The Labute approximate surface area is 109 Å². The summed E-state index contributed by atoms with van der Waals surface area (Å²) in [7, 11) is 1.60. The number of nitrogens with zero attached hydrogens (tertiary/aromatic N) is 1. The van der Waals surface area contributed by atoms with Crippen LogP contribution in [-0.4, -0.2) is 19.6 Å². The van der Waals surface area contributed by atoms with Gasteiger partial charge in [-0.05, 0) is 28.1 Å². The lowest BCUT2D eigenvalue weighted by atomic mass is 10.1. The number of hydrogen-bond donors (Lipinski definition) is 0. The van der Waals surface area contributed by atoms with Gasteiger partial charge in [-0.3, -0.25) is 4.79 Å². The molecule has 1 unspecified atom stereocenters. The number of anilines is 1. The zero-order chi connectivity index (χ0) is 12.4. The zero-order valence-corrected chi connectivity index (χ0v) is 11.0. The fourth-order valence-corrected chi connectivity index (χ4v) is 2.34. The van der Waals surface area contributed by atoms with Gasteiger partial charge in [0, 0.05) is 29.4 Å². The van der Waals surface area contributed by atoms with Crippen LogP contribution in [-0.2, 0) is 4.79 Å². The van der Waals surface area contributed by atoms with Crippen molar-refractivity contribution in [1.29, 1.82) is 0 Å². The number of halogens is 1. The van der Waals surface area contributed by atoms with Gasteiger partial charge < -0.3 is 9.64 Å². The van der Waals surface area contributed by atoms with Crippen LogP contribution in [0.25, 0.3) is 0 Å². The Kier molecular flexibility index (Phi) is 3.39. The molecule has 0 spiro atoms. The van der Waals surface area contributed by atoms with Crippen molar-refractivity contribution < 1.29 is 9.53 Å². The summed E-state index contributed by atoms with van der Waals surface area (Å²) in [6, 6.07) is 5.54. The van der Waals surface area contributed by atoms with Crippen molar-refractivity contribution in [3.8, 4) is 18.1 Å². The van der Waals surface area contributed by atoms with E-state index in [2.05, 4.69) is 21.9 Å². The Bertz CT molecular complexity index is 493. The smallest absolute Gasteiger partial charge is 0.228 e. The molecule has 0 radical (unpaired) electrons. The van der Waals surface area contributed by atoms with Crippen LogP contribution in [0.15, 0.2) is 22.7 Å². The third-order valence-electron chi connectivity index (χ3n) is 2.80. The second-order valence-corrected chi connectivity index (χ2v) is 4.74. The third-order valence-corrected chi connectivity index (χ3v) is 3.48. The summed E-state index contributed by atoms with van der Waals surface area (Å²) in [5, 5.41) is 0. The molecule has 0 aromatic heterocycles. The molecule has 4 heteroatoms. The van der Waals surface area contributed by atoms with Gasteiger partial charge in [0.25, 0.3) is 0 Å². The van der Waals surface area contributed by atoms with E-state index in [4.69, 9.17) is 11.2 Å². The molecule has 0 bridgehead atoms. The van der Waals surface area contributed by atoms with E-state index in [-0.39, 0.29) is 11.8 Å². The maximum atomic E-state index is 11.9. The van der Waals surface area contributed by atoms with Gasteiger partial charge in [-0.1, -0.05) is 0 Å². The fourth-order valence-electron chi connectivity index (χ4n) is 1.88. The van der Waals surface area contributed by atoms with Crippen LogP contribution in [0, 0.1) is 18.3 Å². The summed E-state index contributed by atoms with van der Waals surface area (Å²) in [6.45, 7) is 0.571. The summed E-state index contributed by atoms with van der Waals surface area (Å²) < 4.78 is 6.02. The number of amides is 1. The molecule has 88 valence electrons. The predicted octanol–water partition coefficient (Wildman–Crippen LogP) is 2.44. The first kappa shape index (κ1) is 12.0. The highest BCUT2D eigenvalue weighted by Crippen LogP contribution is 2.34. The van der Waals surface area contributed by atoms with Crippen molar-refractivity contribution in [2.24, 2.45) is 5.92 Å². The van der Waals surface area contributed by atoms with Gasteiger partial charge in [-0.25, -0.2) is 0 Å². The van der Waals surface area contributed by atoms with Gasteiger partial charge in [0.15, 0.2) is 0 Å². The Morgan fingerprint density at radius 1 is 1.59 bits per heavy atom. The molecule has 1 aromatic carbocycles. The predicted molar refractivity (Wildman–Crippen MR) is 70.0 cm³/mol. The van der Waals surface area contributed by atoms with Crippen molar-refractivity contribution in [2.75, 3.05) is 18.6 Å². The molecular formula is C13H12BrNO2. The van der Waals surface area contributed by atoms with E-state index >= 15 is 0 Å². The maximum absolute atomic E-state index is 11.9. The highest BCUT2D eigenvalue weighted by molar-refractivity contribution is 9.10. The van der Waals surface area contributed by atoms with Crippen molar-refractivity contribution in [3.05, 3.63) is 22.7 Å². The van der Waals surface area contributed by atoms with E-state index in [0.717, 1.165) is 15.9 Å². The normalized spacial score (nSPS) is 19.2. The lowest BCUT2D eigenvalue weighted by Gasteiger charge is -2.18. The minimum absolute atomic E-state index is 0.000557. The van der Waals surface area contributed by atoms with Crippen LogP contribution in [0.5, 0.6) is 5.75 Å². The van der Waals surface area contributed by atoms with Crippen LogP contribution < -0.4 is 9.64 Å². The number of methoxy groups -OCH3 is 1. The molecule has 1 aliphatic heterocycles. The van der Waals surface area contributed by atoms with Crippen LogP contribution in [0.2, 0.25) is 0 Å². The number of carbonyl (C=O) groups excluding carboxylic acids is 1. The monoisotopic (exact) mass is 293 g/mol. The molecule has 2 rings (SSSR count). The van der Waals surface area contributed by atoms with Gasteiger partial charge in [-0.2, -0.15) is 0 Å². The lowest BCUT2D eigenvalue weighted by molar-refractivity contribution is -0.117. The second kappa shape index (κ2) is 4.80. The number of benzene rings is 1. The number of ether oxygens (including phenoxy) is 1. The molecule has 1 aliphatic rings. The average Bonchev–Trinajstić information content (AvgIpc) is 2.71. The molecule has 1 saturated heterocycles. The summed E-state index contributed by atoms with van der Waals surface area (Å²) in [4.78, 5) is 13.6. The van der Waals surface area contributed by atoms with Gasteiger partial charge in [0.05, 0.1) is 12.8 Å². The van der Waals surface area contributed by atoms with E-state index in [1.807, 2.05) is 18.2 Å².